The molecule has 0 aliphatic heterocycles. The number of anilines is 1. The summed E-state index contributed by atoms with van der Waals surface area (Å²) in [7, 11) is 2.11. The van der Waals surface area contributed by atoms with Crippen LogP contribution in [0.3, 0.4) is 0 Å². The molecule has 2 rings (SSSR count). The van der Waals surface area contributed by atoms with Crippen molar-refractivity contribution in [3.05, 3.63) is 28.2 Å². The normalized spacial score (nSPS) is 16.9. The van der Waals surface area contributed by atoms with Gasteiger partial charge < -0.3 is 4.90 Å². The van der Waals surface area contributed by atoms with Crippen molar-refractivity contribution in [2.24, 2.45) is 5.92 Å². The Kier molecular flexibility index (Phi) is 3.33. The molecule has 1 fully saturated rings. The summed E-state index contributed by atoms with van der Waals surface area (Å²) in [5.74, 6) is 0.836. The molecule has 0 N–H and O–H groups in total. The van der Waals surface area contributed by atoms with Gasteiger partial charge in [0.25, 0.3) is 0 Å². The lowest BCUT2D eigenvalue weighted by atomic mass is 10.1. The van der Waals surface area contributed by atoms with E-state index in [9.17, 15) is 4.79 Å². The summed E-state index contributed by atoms with van der Waals surface area (Å²) in [6.07, 6.45) is 3.56. The van der Waals surface area contributed by atoms with Gasteiger partial charge in [0.2, 0.25) is 0 Å². The lowest BCUT2D eigenvalue weighted by Gasteiger charge is -2.28. The van der Waals surface area contributed by atoms with Crippen molar-refractivity contribution < 1.29 is 4.79 Å². The van der Waals surface area contributed by atoms with Crippen LogP contribution >= 0.6 is 15.9 Å². The number of halogens is 1. The maximum absolute atomic E-state index is 10.7. The van der Waals surface area contributed by atoms with Crippen LogP contribution in [0.4, 0.5) is 5.69 Å². The van der Waals surface area contributed by atoms with Crippen LogP contribution in [0.15, 0.2) is 22.7 Å². The van der Waals surface area contributed by atoms with Crippen molar-refractivity contribution in [2.75, 3.05) is 11.9 Å². The Morgan fingerprint density at radius 1 is 1.50 bits per heavy atom. The summed E-state index contributed by atoms with van der Waals surface area (Å²) in [4.78, 5) is 12.9. The second-order valence-electron chi connectivity index (χ2n) is 4.52. The first-order valence-electron chi connectivity index (χ1n) is 5.61. The Morgan fingerprint density at radius 3 is 2.69 bits per heavy atom. The van der Waals surface area contributed by atoms with Gasteiger partial charge in [0.1, 0.15) is 6.29 Å². The van der Waals surface area contributed by atoms with E-state index in [-0.39, 0.29) is 0 Å². The molecule has 1 aliphatic carbocycles. The SMILES string of the molecule is CC(C1CC1)N(C)c1ccc(C=O)cc1Br. The molecule has 0 amide bonds. The molecule has 1 saturated carbocycles. The summed E-state index contributed by atoms with van der Waals surface area (Å²) in [5.41, 5.74) is 1.87. The van der Waals surface area contributed by atoms with E-state index in [1.165, 1.54) is 12.8 Å². The van der Waals surface area contributed by atoms with Gasteiger partial charge in [-0.1, -0.05) is 0 Å². The second kappa shape index (κ2) is 4.58. The Labute approximate surface area is 105 Å². The summed E-state index contributed by atoms with van der Waals surface area (Å²) in [5, 5.41) is 0. The van der Waals surface area contributed by atoms with E-state index in [1.54, 1.807) is 0 Å². The first kappa shape index (κ1) is 11.6. The van der Waals surface area contributed by atoms with Gasteiger partial charge in [0.15, 0.2) is 0 Å². The van der Waals surface area contributed by atoms with Gasteiger partial charge in [-0.05, 0) is 59.8 Å². The number of hydrogen-bond acceptors (Lipinski definition) is 2. The summed E-state index contributed by atoms with van der Waals surface area (Å²) < 4.78 is 0.993. The maximum atomic E-state index is 10.7. The standard InChI is InChI=1S/C13H16BrNO/c1-9(11-4-5-11)15(2)13-6-3-10(8-16)7-12(13)14/h3,6-9,11H,4-5H2,1-2H3. The summed E-state index contributed by atoms with van der Waals surface area (Å²) >= 11 is 3.53. The lowest BCUT2D eigenvalue weighted by molar-refractivity contribution is 0.112. The smallest absolute Gasteiger partial charge is 0.150 e. The van der Waals surface area contributed by atoms with E-state index in [2.05, 4.69) is 34.8 Å². The first-order chi connectivity index (χ1) is 7.63. The van der Waals surface area contributed by atoms with Crippen molar-refractivity contribution in [3.8, 4) is 0 Å². The highest BCUT2D eigenvalue weighted by atomic mass is 79.9. The molecule has 0 saturated heterocycles. The molecule has 0 aromatic heterocycles. The van der Waals surface area contributed by atoms with E-state index < -0.39 is 0 Å². The largest absolute Gasteiger partial charge is 0.371 e. The van der Waals surface area contributed by atoms with Crippen molar-refractivity contribution in [2.45, 2.75) is 25.8 Å². The van der Waals surface area contributed by atoms with E-state index in [0.717, 1.165) is 22.4 Å². The monoisotopic (exact) mass is 281 g/mol. The third-order valence-corrected chi connectivity index (χ3v) is 4.04. The summed E-state index contributed by atoms with van der Waals surface area (Å²) in [6.45, 7) is 2.26. The van der Waals surface area contributed by atoms with Crippen molar-refractivity contribution in [1.82, 2.24) is 0 Å². The zero-order valence-electron chi connectivity index (χ0n) is 9.61. The highest BCUT2D eigenvalue weighted by Crippen LogP contribution is 2.38. The van der Waals surface area contributed by atoms with Crippen LogP contribution in [-0.4, -0.2) is 19.4 Å². The Balaban J connectivity index is 2.21. The van der Waals surface area contributed by atoms with Crippen LogP contribution in [0.1, 0.15) is 30.1 Å². The van der Waals surface area contributed by atoms with Crippen molar-refractivity contribution in [1.29, 1.82) is 0 Å². The van der Waals surface area contributed by atoms with Gasteiger partial charge in [-0.15, -0.1) is 0 Å². The average molecular weight is 282 g/mol. The molecule has 1 aliphatic rings. The van der Waals surface area contributed by atoms with E-state index in [4.69, 9.17) is 0 Å². The number of nitrogens with zero attached hydrogens (tertiary/aromatic N) is 1. The minimum atomic E-state index is 0.568. The predicted molar refractivity (Wildman–Crippen MR) is 70.1 cm³/mol. The Bertz CT molecular complexity index is 401. The minimum Gasteiger partial charge on any atom is -0.371 e. The second-order valence-corrected chi connectivity index (χ2v) is 5.37. The van der Waals surface area contributed by atoms with Crippen LogP contribution in [0.2, 0.25) is 0 Å². The zero-order valence-corrected chi connectivity index (χ0v) is 11.2. The average Bonchev–Trinajstić information content (AvgIpc) is 3.10. The third-order valence-electron chi connectivity index (χ3n) is 3.40. The fourth-order valence-corrected chi connectivity index (χ4v) is 2.67. The van der Waals surface area contributed by atoms with Crippen LogP contribution in [0, 0.1) is 5.92 Å². The number of aldehydes is 1. The van der Waals surface area contributed by atoms with Gasteiger partial charge in [-0.2, -0.15) is 0 Å². The van der Waals surface area contributed by atoms with Crippen LogP contribution in [0.25, 0.3) is 0 Å². The van der Waals surface area contributed by atoms with E-state index in [0.29, 0.717) is 11.6 Å². The lowest BCUT2D eigenvalue weighted by Crippen LogP contribution is -2.30. The fourth-order valence-electron chi connectivity index (χ4n) is 2.00. The molecule has 86 valence electrons. The Morgan fingerprint density at radius 2 is 2.19 bits per heavy atom. The number of hydrogen-bond donors (Lipinski definition) is 0. The first-order valence-corrected chi connectivity index (χ1v) is 6.40. The fraction of sp³-hybridized carbons (Fsp3) is 0.462. The third kappa shape index (κ3) is 2.29. The molecule has 0 heterocycles. The van der Waals surface area contributed by atoms with E-state index >= 15 is 0 Å². The van der Waals surface area contributed by atoms with Crippen LogP contribution < -0.4 is 4.90 Å². The molecule has 0 bridgehead atoms. The van der Waals surface area contributed by atoms with Gasteiger partial charge in [0.05, 0.1) is 5.69 Å². The zero-order chi connectivity index (χ0) is 11.7. The van der Waals surface area contributed by atoms with Crippen molar-refractivity contribution in [3.63, 3.8) is 0 Å². The molecule has 2 nitrogen and oxygen atoms in total. The quantitative estimate of drug-likeness (QED) is 0.788. The molecular formula is C13H16BrNO. The molecule has 3 heteroatoms. The molecule has 1 aromatic rings. The van der Waals surface area contributed by atoms with Gasteiger partial charge in [-0.25, -0.2) is 0 Å². The topological polar surface area (TPSA) is 20.3 Å². The maximum Gasteiger partial charge on any atom is 0.150 e. The van der Waals surface area contributed by atoms with Crippen LogP contribution in [0.5, 0.6) is 0 Å². The number of carbonyl (C=O) groups is 1. The molecular weight excluding hydrogens is 266 g/mol. The van der Waals surface area contributed by atoms with Gasteiger partial charge in [-0.3, -0.25) is 4.79 Å². The highest BCUT2D eigenvalue weighted by Gasteiger charge is 2.31. The molecule has 1 atom stereocenters. The predicted octanol–water partition coefficient (Wildman–Crippen LogP) is 3.50. The number of benzene rings is 1. The van der Waals surface area contributed by atoms with Gasteiger partial charge >= 0.3 is 0 Å². The highest BCUT2D eigenvalue weighted by molar-refractivity contribution is 9.10. The Hall–Kier alpha value is -0.830. The number of carbonyl (C=O) groups excluding carboxylic acids is 1. The van der Waals surface area contributed by atoms with Crippen molar-refractivity contribution >= 4 is 27.9 Å². The van der Waals surface area contributed by atoms with E-state index in [1.807, 2.05) is 18.2 Å². The molecule has 1 aromatic carbocycles. The number of rotatable bonds is 4. The molecule has 1 unspecified atom stereocenters. The van der Waals surface area contributed by atoms with Crippen LogP contribution in [-0.2, 0) is 0 Å². The van der Waals surface area contributed by atoms with Gasteiger partial charge in [0, 0.05) is 23.1 Å². The molecule has 0 radical (unpaired) electrons. The molecule has 16 heavy (non-hydrogen) atoms. The molecule has 0 spiro atoms. The minimum absolute atomic E-state index is 0.568. The summed E-state index contributed by atoms with van der Waals surface area (Å²) in [6, 6.07) is 6.31.